The number of rotatable bonds is 5. The lowest BCUT2D eigenvalue weighted by Gasteiger charge is -2.16. The highest BCUT2D eigenvalue weighted by Crippen LogP contribution is 2.31. The zero-order chi connectivity index (χ0) is 23.1. The number of nitrogens with one attached hydrogen (secondary N) is 2. The van der Waals surface area contributed by atoms with Gasteiger partial charge >= 0.3 is 0 Å². The maximum absolute atomic E-state index is 13.1. The lowest BCUT2D eigenvalue weighted by Crippen LogP contribution is -2.19. The van der Waals surface area contributed by atoms with Crippen LogP contribution in [-0.4, -0.2) is 18.9 Å². The van der Waals surface area contributed by atoms with E-state index in [0.717, 1.165) is 0 Å². The average Bonchev–Trinajstić information content (AvgIpc) is 2.84. The van der Waals surface area contributed by atoms with Crippen LogP contribution in [-0.2, 0) is 0 Å². The summed E-state index contributed by atoms with van der Waals surface area (Å²) in [6, 6.07) is 17.9. The van der Waals surface area contributed by atoms with Crippen molar-refractivity contribution >= 4 is 23.2 Å². The number of amides is 2. The molecule has 0 unspecified atom stereocenters. The Morgan fingerprint density at radius 3 is 2.03 bits per heavy atom. The van der Waals surface area contributed by atoms with Gasteiger partial charge in [0.15, 0.2) is 0 Å². The first-order valence-electron chi connectivity index (χ1n) is 9.37. The van der Waals surface area contributed by atoms with Gasteiger partial charge in [0.2, 0.25) is 0 Å². The van der Waals surface area contributed by atoms with Gasteiger partial charge in [-0.25, -0.2) is 0 Å². The van der Waals surface area contributed by atoms with Crippen LogP contribution >= 0.6 is 0 Å². The first kappa shape index (κ1) is 21.7. The Morgan fingerprint density at radius 2 is 1.47 bits per heavy atom. The highest BCUT2D eigenvalue weighted by Gasteiger charge is 2.20. The van der Waals surface area contributed by atoms with Gasteiger partial charge in [0, 0.05) is 22.4 Å². The van der Waals surface area contributed by atoms with Crippen LogP contribution < -0.4 is 15.4 Å². The van der Waals surface area contributed by atoms with Crippen molar-refractivity contribution < 1.29 is 14.3 Å². The molecule has 0 atom stereocenters. The molecule has 3 aromatic carbocycles. The second-order valence-electron chi connectivity index (χ2n) is 6.56. The fourth-order valence-corrected chi connectivity index (χ4v) is 2.90. The maximum Gasteiger partial charge on any atom is 0.257 e. The number of nitrogens with zero attached hydrogens (tertiary/aromatic N) is 1. The third-order valence-electron chi connectivity index (χ3n) is 4.56. The van der Waals surface area contributed by atoms with Crippen LogP contribution in [0.2, 0.25) is 0 Å². The topological polar surface area (TPSA) is 91.2 Å². The summed E-state index contributed by atoms with van der Waals surface area (Å²) in [6.45, 7) is 0. The summed E-state index contributed by atoms with van der Waals surface area (Å²) >= 11 is 0. The van der Waals surface area contributed by atoms with Gasteiger partial charge in [-0.15, -0.1) is 12.8 Å². The summed E-state index contributed by atoms with van der Waals surface area (Å²) in [6.07, 6.45) is 10.9. The predicted molar refractivity (Wildman–Crippen MR) is 122 cm³/mol. The summed E-state index contributed by atoms with van der Waals surface area (Å²) in [5.74, 6) is 4.24. The molecule has 6 heteroatoms. The average molecular weight is 419 g/mol. The number of nitriles is 1. The molecule has 0 aliphatic heterocycles. The number of ether oxygens (including phenoxy) is 1. The molecular weight excluding hydrogens is 402 g/mol. The van der Waals surface area contributed by atoms with Crippen molar-refractivity contribution in [2.24, 2.45) is 0 Å². The van der Waals surface area contributed by atoms with Gasteiger partial charge in [-0.05, 0) is 60.7 Å². The molecule has 0 aliphatic carbocycles. The molecule has 2 amide bonds. The minimum Gasteiger partial charge on any atom is -0.495 e. The van der Waals surface area contributed by atoms with Crippen LogP contribution in [0.3, 0.4) is 0 Å². The van der Waals surface area contributed by atoms with Gasteiger partial charge in [0.1, 0.15) is 5.75 Å². The Balaban J connectivity index is 1.97. The number of methoxy groups -OCH3 is 1. The Hall–Kier alpha value is -4.99. The molecule has 0 radical (unpaired) electrons. The lowest BCUT2D eigenvalue weighted by atomic mass is 10.1. The number of terminal acetylenes is 2. The van der Waals surface area contributed by atoms with Gasteiger partial charge in [-0.2, -0.15) is 5.26 Å². The SMILES string of the molecule is C#Cc1ccc(NC(=O)c2cc(C#C)cc(OC)c2NC(=O)c2ccc(C#N)cc2)cc1. The molecule has 0 aliphatic rings. The van der Waals surface area contributed by atoms with Crippen molar-refractivity contribution in [1.82, 2.24) is 0 Å². The molecule has 32 heavy (non-hydrogen) atoms. The zero-order valence-electron chi connectivity index (χ0n) is 17.1. The summed E-state index contributed by atoms with van der Waals surface area (Å²) < 4.78 is 5.38. The van der Waals surface area contributed by atoms with E-state index in [-0.39, 0.29) is 17.0 Å². The van der Waals surface area contributed by atoms with Crippen LogP contribution in [0.1, 0.15) is 37.4 Å². The van der Waals surface area contributed by atoms with Crippen LogP contribution in [0.4, 0.5) is 11.4 Å². The summed E-state index contributed by atoms with van der Waals surface area (Å²) in [7, 11) is 1.41. The molecule has 0 fully saturated rings. The van der Waals surface area contributed by atoms with Gasteiger partial charge < -0.3 is 15.4 Å². The minimum absolute atomic E-state index is 0.125. The monoisotopic (exact) mass is 419 g/mol. The molecule has 3 rings (SSSR count). The Morgan fingerprint density at radius 1 is 0.844 bits per heavy atom. The van der Waals surface area contributed by atoms with E-state index in [4.69, 9.17) is 22.8 Å². The van der Waals surface area contributed by atoms with E-state index in [9.17, 15) is 9.59 Å². The fraction of sp³-hybridized carbons (Fsp3) is 0.0385. The summed E-state index contributed by atoms with van der Waals surface area (Å²) in [5.41, 5.74) is 2.62. The third-order valence-corrected chi connectivity index (χ3v) is 4.56. The molecule has 2 N–H and O–H groups in total. The van der Waals surface area contributed by atoms with E-state index < -0.39 is 11.8 Å². The number of anilines is 2. The van der Waals surface area contributed by atoms with Crippen LogP contribution in [0, 0.1) is 36.0 Å². The first-order valence-corrected chi connectivity index (χ1v) is 9.37. The molecule has 0 saturated carbocycles. The normalized spacial score (nSPS) is 9.56. The van der Waals surface area contributed by atoms with Crippen LogP contribution in [0.25, 0.3) is 0 Å². The third kappa shape index (κ3) is 4.76. The van der Waals surface area contributed by atoms with Crippen LogP contribution in [0.5, 0.6) is 5.75 Å². The van der Waals surface area contributed by atoms with Gasteiger partial charge in [0.25, 0.3) is 11.8 Å². The molecule has 154 valence electrons. The molecular formula is C26H17N3O3. The van der Waals surface area contributed by atoms with E-state index in [2.05, 4.69) is 22.5 Å². The first-order chi connectivity index (χ1) is 15.5. The second-order valence-corrected chi connectivity index (χ2v) is 6.56. The van der Waals surface area contributed by atoms with Crippen molar-refractivity contribution in [3.63, 3.8) is 0 Å². The van der Waals surface area contributed by atoms with E-state index in [1.807, 2.05) is 6.07 Å². The highest BCUT2D eigenvalue weighted by atomic mass is 16.5. The Bertz CT molecular complexity index is 1300. The molecule has 3 aromatic rings. The number of carbonyl (C=O) groups is 2. The maximum atomic E-state index is 13.1. The number of hydrogen-bond acceptors (Lipinski definition) is 4. The molecule has 0 spiro atoms. The number of carbonyl (C=O) groups excluding carboxylic acids is 2. The van der Waals surface area contributed by atoms with E-state index in [1.54, 1.807) is 30.3 Å². The lowest BCUT2D eigenvalue weighted by molar-refractivity contribution is 0.102. The summed E-state index contributed by atoms with van der Waals surface area (Å²) in [5, 5.41) is 14.4. The standard InChI is InChI=1S/C26H17N3O3/c1-4-17-8-12-21(13-9-17)28-26(31)22-14-18(5-2)15-23(32-3)24(22)29-25(30)20-10-6-19(16-27)7-11-20/h1-2,6-15H,3H3,(H,28,31)(H,29,30). The highest BCUT2D eigenvalue weighted by molar-refractivity contribution is 6.14. The van der Waals surface area contributed by atoms with Crippen molar-refractivity contribution in [2.75, 3.05) is 17.7 Å². The van der Waals surface area contributed by atoms with Gasteiger partial charge in [0.05, 0.1) is 30.0 Å². The zero-order valence-corrected chi connectivity index (χ0v) is 17.1. The second kappa shape index (κ2) is 9.67. The van der Waals surface area contributed by atoms with Gasteiger partial charge in [-0.3, -0.25) is 9.59 Å². The quantitative estimate of drug-likeness (QED) is 0.611. The molecule has 0 aromatic heterocycles. The van der Waals surface area contributed by atoms with Crippen molar-refractivity contribution in [2.45, 2.75) is 0 Å². The Kier molecular flexibility index (Phi) is 6.56. The van der Waals surface area contributed by atoms with Gasteiger partial charge in [-0.1, -0.05) is 11.8 Å². The predicted octanol–water partition coefficient (Wildman–Crippen LogP) is 4.03. The molecule has 6 nitrogen and oxygen atoms in total. The van der Waals surface area contributed by atoms with E-state index in [0.29, 0.717) is 27.9 Å². The fourth-order valence-electron chi connectivity index (χ4n) is 2.90. The van der Waals surface area contributed by atoms with Crippen molar-refractivity contribution in [3.8, 4) is 36.5 Å². The molecule has 0 heterocycles. The van der Waals surface area contributed by atoms with E-state index in [1.165, 1.54) is 37.4 Å². The Labute approximate surface area is 185 Å². The van der Waals surface area contributed by atoms with E-state index >= 15 is 0 Å². The smallest absolute Gasteiger partial charge is 0.257 e. The number of hydrogen-bond donors (Lipinski definition) is 2. The molecule has 0 saturated heterocycles. The minimum atomic E-state index is -0.496. The van der Waals surface area contributed by atoms with Crippen molar-refractivity contribution in [1.29, 1.82) is 5.26 Å². The van der Waals surface area contributed by atoms with Crippen LogP contribution in [0.15, 0.2) is 60.7 Å². The number of benzene rings is 3. The largest absolute Gasteiger partial charge is 0.495 e. The summed E-state index contributed by atoms with van der Waals surface area (Å²) in [4.78, 5) is 25.9. The van der Waals surface area contributed by atoms with Crippen molar-refractivity contribution in [3.05, 3.63) is 88.5 Å². The molecule has 0 bridgehead atoms.